The van der Waals surface area contributed by atoms with Crippen LogP contribution in [0, 0.1) is 0 Å². The van der Waals surface area contributed by atoms with Gasteiger partial charge in [0.1, 0.15) is 0 Å². The van der Waals surface area contributed by atoms with Gasteiger partial charge in [0.2, 0.25) is 5.88 Å². The summed E-state index contributed by atoms with van der Waals surface area (Å²) < 4.78 is 10.9. The summed E-state index contributed by atoms with van der Waals surface area (Å²) in [6.07, 6.45) is 1.68. The lowest BCUT2D eigenvalue weighted by Crippen LogP contribution is -1.98. The number of hydrogen-bond donors (Lipinski definition) is 1. The molecule has 0 amide bonds. The fraction of sp³-hybridized carbons (Fsp3) is 0.154. The van der Waals surface area contributed by atoms with E-state index in [1.807, 2.05) is 30.3 Å². The Hall–Kier alpha value is -2.07. The van der Waals surface area contributed by atoms with E-state index in [0.29, 0.717) is 23.9 Å². The zero-order valence-corrected chi connectivity index (χ0v) is 9.59. The van der Waals surface area contributed by atoms with Crippen LogP contribution in [0.4, 0.5) is 0 Å². The Bertz CT molecular complexity index is 486. The lowest BCUT2D eigenvalue weighted by atomic mass is 10.2. The van der Waals surface area contributed by atoms with Crippen molar-refractivity contribution in [3.63, 3.8) is 0 Å². The van der Waals surface area contributed by atoms with Crippen LogP contribution >= 0.6 is 0 Å². The molecule has 2 aromatic rings. The number of nitrogens with zero attached hydrogens (tertiary/aromatic N) is 1. The number of hydrogen-bond acceptors (Lipinski definition) is 4. The number of nitrogens with two attached hydrogens (primary N) is 1. The van der Waals surface area contributed by atoms with Gasteiger partial charge in [-0.3, -0.25) is 0 Å². The maximum Gasteiger partial charge on any atom is 0.219 e. The van der Waals surface area contributed by atoms with Gasteiger partial charge in [-0.05, 0) is 23.8 Å². The molecule has 0 saturated carbocycles. The van der Waals surface area contributed by atoms with Gasteiger partial charge in [0.05, 0.1) is 7.11 Å². The second-order valence-corrected chi connectivity index (χ2v) is 3.46. The van der Waals surface area contributed by atoms with E-state index in [9.17, 15) is 0 Å². The predicted octanol–water partition coefficient (Wildman–Crippen LogP) is 2.34. The molecule has 88 valence electrons. The van der Waals surface area contributed by atoms with Crippen molar-refractivity contribution in [2.24, 2.45) is 5.73 Å². The second kappa shape index (κ2) is 5.32. The molecule has 1 heterocycles. The van der Waals surface area contributed by atoms with Gasteiger partial charge in [-0.1, -0.05) is 12.1 Å². The molecule has 0 radical (unpaired) electrons. The van der Waals surface area contributed by atoms with E-state index in [-0.39, 0.29) is 0 Å². The lowest BCUT2D eigenvalue weighted by Gasteiger charge is -2.10. The summed E-state index contributed by atoms with van der Waals surface area (Å²) >= 11 is 0. The van der Waals surface area contributed by atoms with Crippen molar-refractivity contribution in [3.8, 4) is 17.4 Å². The van der Waals surface area contributed by atoms with Crippen LogP contribution in [-0.2, 0) is 6.54 Å². The standard InChI is InChI=1S/C13H14N2O2/c1-16-12-8-10(9-14)5-6-11(12)17-13-4-2-3-7-15-13/h2-8H,9,14H2,1H3. The van der Waals surface area contributed by atoms with Gasteiger partial charge >= 0.3 is 0 Å². The molecule has 2 rings (SSSR count). The van der Waals surface area contributed by atoms with Crippen molar-refractivity contribution < 1.29 is 9.47 Å². The molecule has 17 heavy (non-hydrogen) atoms. The number of benzene rings is 1. The van der Waals surface area contributed by atoms with Crippen LogP contribution in [0.3, 0.4) is 0 Å². The van der Waals surface area contributed by atoms with Crippen molar-refractivity contribution in [1.82, 2.24) is 4.98 Å². The Kier molecular flexibility index (Phi) is 3.57. The van der Waals surface area contributed by atoms with Crippen LogP contribution in [0.5, 0.6) is 17.4 Å². The van der Waals surface area contributed by atoms with Crippen LogP contribution in [0.15, 0.2) is 42.6 Å². The minimum Gasteiger partial charge on any atom is -0.493 e. The average molecular weight is 230 g/mol. The maximum atomic E-state index is 5.62. The summed E-state index contributed by atoms with van der Waals surface area (Å²) in [6, 6.07) is 11.1. The largest absolute Gasteiger partial charge is 0.493 e. The summed E-state index contributed by atoms with van der Waals surface area (Å²) in [5.74, 6) is 1.81. The molecule has 0 bridgehead atoms. The Morgan fingerprint density at radius 3 is 2.71 bits per heavy atom. The highest BCUT2D eigenvalue weighted by Gasteiger charge is 2.06. The van der Waals surface area contributed by atoms with E-state index in [0.717, 1.165) is 5.56 Å². The molecule has 0 fully saturated rings. The van der Waals surface area contributed by atoms with Crippen LogP contribution in [0.2, 0.25) is 0 Å². The molecule has 0 aliphatic carbocycles. The molecule has 4 nitrogen and oxygen atoms in total. The molecule has 0 aliphatic heterocycles. The number of rotatable bonds is 4. The first-order chi connectivity index (χ1) is 8.33. The third-order valence-corrected chi connectivity index (χ3v) is 2.32. The van der Waals surface area contributed by atoms with E-state index in [4.69, 9.17) is 15.2 Å². The average Bonchev–Trinajstić information content (AvgIpc) is 2.40. The van der Waals surface area contributed by atoms with E-state index < -0.39 is 0 Å². The molecule has 1 aromatic carbocycles. The van der Waals surface area contributed by atoms with Gasteiger partial charge in [0.25, 0.3) is 0 Å². The second-order valence-electron chi connectivity index (χ2n) is 3.46. The summed E-state index contributed by atoms with van der Waals surface area (Å²) in [7, 11) is 1.60. The smallest absolute Gasteiger partial charge is 0.219 e. The third-order valence-electron chi connectivity index (χ3n) is 2.32. The van der Waals surface area contributed by atoms with Crippen LogP contribution in [0.1, 0.15) is 5.56 Å². The first kappa shape index (κ1) is 11.4. The molecule has 0 unspecified atom stereocenters. The molecule has 0 spiro atoms. The van der Waals surface area contributed by atoms with Crippen LogP contribution < -0.4 is 15.2 Å². The number of ether oxygens (including phenoxy) is 2. The van der Waals surface area contributed by atoms with E-state index >= 15 is 0 Å². The molecular weight excluding hydrogens is 216 g/mol. The summed E-state index contributed by atoms with van der Waals surface area (Å²) in [5, 5.41) is 0. The van der Waals surface area contributed by atoms with Crippen molar-refractivity contribution in [1.29, 1.82) is 0 Å². The SMILES string of the molecule is COc1cc(CN)ccc1Oc1ccccn1. The highest BCUT2D eigenvalue weighted by molar-refractivity contribution is 5.44. The first-order valence-electron chi connectivity index (χ1n) is 5.29. The van der Waals surface area contributed by atoms with Gasteiger partial charge in [-0.2, -0.15) is 0 Å². The Morgan fingerprint density at radius 1 is 1.18 bits per heavy atom. The normalized spacial score (nSPS) is 10.0. The van der Waals surface area contributed by atoms with Crippen molar-refractivity contribution in [2.45, 2.75) is 6.54 Å². The zero-order valence-electron chi connectivity index (χ0n) is 9.59. The molecule has 0 saturated heterocycles. The molecule has 0 aliphatic rings. The predicted molar refractivity (Wildman–Crippen MR) is 65.2 cm³/mol. The van der Waals surface area contributed by atoms with E-state index in [1.165, 1.54) is 0 Å². The summed E-state index contributed by atoms with van der Waals surface area (Å²) in [5.41, 5.74) is 6.56. The topological polar surface area (TPSA) is 57.4 Å². The fourth-order valence-electron chi connectivity index (χ4n) is 1.44. The van der Waals surface area contributed by atoms with E-state index in [2.05, 4.69) is 4.98 Å². The Balaban J connectivity index is 2.26. The van der Waals surface area contributed by atoms with Gasteiger partial charge in [-0.25, -0.2) is 4.98 Å². The molecule has 0 atom stereocenters. The molecular formula is C13H14N2O2. The lowest BCUT2D eigenvalue weighted by molar-refractivity contribution is 0.373. The minimum absolute atomic E-state index is 0.472. The first-order valence-corrected chi connectivity index (χ1v) is 5.29. The van der Waals surface area contributed by atoms with E-state index in [1.54, 1.807) is 19.4 Å². The fourth-order valence-corrected chi connectivity index (χ4v) is 1.44. The quantitative estimate of drug-likeness (QED) is 0.875. The van der Waals surface area contributed by atoms with Crippen LogP contribution in [0.25, 0.3) is 0 Å². The molecule has 4 heteroatoms. The zero-order chi connectivity index (χ0) is 12.1. The van der Waals surface area contributed by atoms with Gasteiger partial charge in [0.15, 0.2) is 11.5 Å². The number of aromatic nitrogens is 1. The maximum absolute atomic E-state index is 5.62. The van der Waals surface area contributed by atoms with Gasteiger partial charge < -0.3 is 15.2 Å². The molecule has 1 aromatic heterocycles. The van der Waals surface area contributed by atoms with Gasteiger partial charge in [-0.15, -0.1) is 0 Å². The summed E-state index contributed by atoms with van der Waals surface area (Å²) in [6.45, 7) is 0.472. The number of pyridine rings is 1. The number of methoxy groups -OCH3 is 1. The van der Waals surface area contributed by atoms with Gasteiger partial charge in [0, 0.05) is 18.8 Å². The summed E-state index contributed by atoms with van der Waals surface area (Å²) in [4.78, 5) is 4.09. The highest BCUT2D eigenvalue weighted by Crippen LogP contribution is 2.31. The Labute approximate surface area is 100 Å². The third kappa shape index (κ3) is 2.73. The monoisotopic (exact) mass is 230 g/mol. The highest BCUT2D eigenvalue weighted by atomic mass is 16.5. The molecule has 2 N–H and O–H groups in total. The van der Waals surface area contributed by atoms with Crippen LogP contribution in [-0.4, -0.2) is 12.1 Å². The Morgan fingerprint density at radius 2 is 2.06 bits per heavy atom. The van der Waals surface area contributed by atoms with Crippen molar-refractivity contribution >= 4 is 0 Å². The van der Waals surface area contributed by atoms with Crippen molar-refractivity contribution in [2.75, 3.05) is 7.11 Å². The minimum atomic E-state index is 0.472. The van der Waals surface area contributed by atoms with Crippen molar-refractivity contribution in [3.05, 3.63) is 48.2 Å².